The van der Waals surface area contributed by atoms with Crippen LogP contribution in [0.5, 0.6) is 0 Å². The van der Waals surface area contributed by atoms with E-state index in [4.69, 9.17) is 4.42 Å². The molecule has 3 rings (SSSR count). The summed E-state index contributed by atoms with van der Waals surface area (Å²) in [5.74, 6) is 0.541. The van der Waals surface area contributed by atoms with Crippen molar-refractivity contribution in [1.82, 2.24) is 15.2 Å². The van der Waals surface area contributed by atoms with Crippen molar-refractivity contribution in [2.45, 2.75) is 26.8 Å². The molecule has 0 unspecified atom stereocenters. The average Bonchev–Trinajstić information content (AvgIpc) is 3.17. The zero-order valence-corrected chi connectivity index (χ0v) is 12.8. The average molecular weight is 300 g/mol. The first-order chi connectivity index (χ1) is 10.3. The fourth-order valence-electron chi connectivity index (χ4n) is 2.07. The molecule has 108 valence electrons. The number of benzene rings is 1. The number of anilines is 1. The Kier molecular flexibility index (Phi) is 3.96. The lowest BCUT2D eigenvalue weighted by molar-refractivity contribution is 0.568. The first kappa shape index (κ1) is 13.8. The number of rotatable bonds is 5. The summed E-state index contributed by atoms with van der Waals surface area (Å²) in [4.78, 5) is 5.61. The molecule has 2 heterocycles. The summed E-state index contributed by atoms with van der Waals surface area (Å²) >= 11 is 1.75. The van der Waals surface area contributed by atoms with Crippen LogP contribution in [0.1, 0.15) is 22.4 Å². The second-order valence-electron chi connectivity index (χ2n) is 4.70. The number of hydrogen-bond acceptors (Lipinski definition) is 6. The highest BCUT2D eigenvalue weighted by Gasteiger charge is 2.07. The molecule has 0 amide bonds. The normalized spacial score (nSPS) is 10.8. The van der Waals surface area contributed by atoms with Crippen molar-refractivity contribution < 1.29 is 4.42 Å². The van der Waals surface area contributed by atoms with Gasteiger partial charge in [0.1, 0.15) is 0 Å². The van der Waals surface area contributed by atoms with E-state index < -0.39 is 0 Å². The van der Waals surface area contributed by atoms with Crippen LogP contribution in [0.3, 0.4) is 0 Å². The molecule has 5 nitrogen and oxygen atoms in total. The SMILES string of the molecule is CCc1ncc(CNc2ccc(-c3nnco3)cc2C)s1. The van der Waals surface area contributed by atoms with Gasteiger partial charge in [-0.3, -0.25) is 0 Å². The largest absolute Gasteiger partial charge is 0.423 e. The van der Waals surface area contributed by atoms with Gasteiger partial charge >= 0.3 is 0 Å². The van der Waals surface area contributed by atoms with Crippen molar-refractivity contribution in [3.8, 4) is 11.5 Å². The standard InChI is InChI=1S/C15H16N4OS/c1-3-14-17-8-12(21-14)7-16-13-5-4-11(6-10(13)2)15-19-18-9-20-15/h4-6,8-9,16H,3,7H2,1-2H3. The molecule has 3 aromatic rings. The van der Waals surface area contributed by atoms with Crippen molar-refractivity contribution >= 4 is 17.0 Å². The number of nitrogens with one attached hydrogen (secondary N) is 1. The zero-order valence-electron chi connectivity index (χ0n) is 12.0. The molecule has 6 heteroatoms. The van der Waals surface area contributed by atoms with E-state index in [9.17, 15) is 0 Å². The van der Waals surface area contributed by atoms with Crippen LogP contribution in [-0.4, -0.2) is 15.2 Å². The molecule has 21 heavy (non-hydrogen) atoms. The molecule has 0 aliphatic heterocycles. The van der Waals surface area contributed by atoms with E-state index in [2.05, 4.69) is 34.3 Å². The third-order valence-electron chi connectivity index (χ3n) is 3.19. The topological polar surface area (TPSA) is 63.8 Å². The van der Waals surface area contributed by atoms with Crippen LogP contribution in [-0.2, 0) is 13.0 Å². The van der Waals surface area contributed by atoms with Gasteiger partial charge in [0.05, 0.1) is 11.6 Å². The van der Waals surface area contributed by atoms with E-state index in [1.54, 1.807) is 11.3 Å². The van der Waals surface area contributed by atoms with Crippen molar-refractivity contribution in [3.05, 3.63) is 46.2 Å². The third-order valence-corrected chi connectivity index (χ3v) is 4.33. The second-order valence-corrected chi connectivity index (χ2v) is 5.90. The molecule has 0 bridgehead atoms. The summed E-state index contributed by atoms with van der Waals surface area (Å²) in [7, 11) is 0. The Balaban J connectivity index is 1.71. The lowest BCUT2D eigenvalue weighted by Crippen LogP contribution is -1.99. The monoisotopic (exact) mass is 300 g/mol. The molecule has 0 radical (unpaired) electrons. The second kappa shape index (κ2) is 6.05. The van der Waals surface area contributed by atoms with Gasteiger partial charge in [-0.2, -0.15) is 0 Å². The molecular weight excluding hydrogens is 284 g/mol. The van der Waals surface area contributed by atoms with Gasteiger partial charge < -0.3 is 9.73 Å². The minimum atomic E-state index is 0.541. The zero-order chi connectivity index (χ0) is 14.7. The molecule has 1 aromatic carbocycles. The van der Waals surface area contributed by atoms with Crippen molar-refractivity contribution in [2.24, 2.45) is 0 Å². The minimum absolute atomic E-state index is 0.541. The fraction of sp³-hybridized carbons (Fsp3) is 0.267. The fourth-order valence-corrected chi connectivity index (χ4v) is 2.87. The molecule has 0 atom stereocenters. The summed E-state index contributed by atoms with van der Waals surface area (Å²) < 4.78 is 5.21. The molecule has 0 aliphatic carbocycles. The number of aromatic nitrogens is 3. The van der Waals surface area contributed by atoms with Crippen LogP contribution in [0.25, 0.3) is 11.5 Å². The Morgan fingerprint density at radius 3 is 2.90 bits per heavy atom. The van der Waals surface area contributed by atoms with Crippen LogP contribution >= 0.6 is 11.3 Å². The van der Waals surface area contributed by atoms with E-state index in [-0.39, 0.29) is 0 Å². The highest BCUT2D eigenvalue weighted by atomic mass is 32.1. The number of hydrogen-bond donors (Lipinski definition) is 1. The number of aryl methyl sites for hydroxylation is 2. The van der Waals surface area contributed by atoms with E-state index in [1.165, 1.54) is 16.3 Å². The molecular formula is C15H16N4OS. The molecule has 0 spiro atoms. The summed E-state index contributed by atoms with van der Waals surface area (Å²) in [6, 6.07) is 6.06. The third kappa shape index (κ3) is 3.11. The van der Waals surface area contributed by atoms with E-state index in [0.717, 1.165) is 29.8 Å². The summed E-state index contributed by atoms with van der Waals surface area (Å²) in [6.07, 6.45) is 4.27. The Labute approximate surface area is 127 Å². The Morgan fingerprint density at radius 1 is 1.33 bits per heavy atom. The molecule has 0 saturated carbocycles. The van der Waals surface area contributed by atoms with E-state index >= 15 is 0 Å². The minimum Gasteiger partial charge on any atom is -0.423 e. The quantitative estimate of drug-likeness (QED) is 0.778. The maximum Gasteiger partial charge on any atom is 0.247 e. The summed E-state index contributed by atoms with van der Waals surface area (Å²) in [6.45, 7) is 4.97. The van der Waals surface area contributed by atoms with Gasteiger partial charge in [-0.25, -0.2) is 4.98 Å². The van der Waals surface area contributed by atoms with Crippen LogP contribution in [0.15, 0.2) is 35.2 Å². The Morgan fingerprint density at radius 2 is 2.24 bits per heavy atom. The van der Waals surface area contributed by atoms with Crippen LogP contribution < -0.4 is 5.32 Å². The number of thiazole rings is 1. The first-order valence-electron chi connectivity index (χ1n) is 6.81. The van der Waals surface area contributed by atoms with E-state index in [0.29, 0.717) is 5.89 Å². The van der Waals surface area contributed by atoms with Gasteiger partial charge in [0, 0.05) is 22.3 Å². The highest BCUT2D eigenvalue weighted by Crippen LogP contribution is 2.24. The van der Waals surface area contributed by atoms with Crippen molar-refractivity contribution in [3.63, 3.8) is 0 Å². The van der Waals surface area contributed by atoms with Crippen LogP contribution in [0.4, 0.5) is 5.69 Å². The first-order valence-corrected chi connectivity index (χ1v) is 7.62. The maximum absolute atomic E-state index is 5.21. The van der Waals surface area contributed by atoms with Gasteiger partial charge in [0.15, 0.2) is 0 Å². The van der Waals surface area contributed by atoms with Gasteiger partial charge in [-0.1, -0.05) is 6.92 Å². The number of nitrogens with zero attached hydrogens (tertiary/aromatic N) is 3. The molecule has 2 aromatic heterocycles. The molecule has 0 aliphatic rings. The van der Waals surface area contributed by atoms with Gasteiger partial charge in [-0.15, -0.1) is 21.5 Å². The lowest BCUT2D eigenvalue weighted by atomic mass is 10.1. The van der Waals surface area contributed by atoms with Crippen LogP contribution in [0, 0.1) is 6.92 Å². The molecule has 1 N–H and O–H groups in total. The van der Waals surface area contributed by atoms with Gasteiger partial charge in [0.25, 0.3) is 0 Å². The Bertz CT molecular complexity index is 721. The van der Waals surface area contributed by atoms with Gasteiger partial charge in [-0.05, 0) is 37.1 Å². The molecule has 0 fully saturated rings. The van der Waals surface area contributed by atoms with Gasteiger partial charge in [0.2, 0.25) is 12.3 Å². The van der Waals surface area contributed by atoms with Crippen molar-refractivity contribution in [2.75, 3.05) is 5.32 Å². The highest BCUT2D eigenvalue weighted by molar-refractivity contribution is 7.11. The summed E-state index contributed by atoms with van der Waals surface area (Å²) in [5.41, 5.74) is 3.18. The lowest BCUT2D eigenvalue weighted by Gasteiger charge is -2.09. The summed E-state index contributed by atoms with van der Waals surface area (Å²) in [5, 5.41) is 12.2. The van der Waals surface area contributed by atoms with Crippen molar-refractivity contribution in [1.29, 1.82) is 0 Å². The molecule has 0 saturated heterocycles. The van der Waals surface area contributed by atoms with Crippen LogP contribution in [0.2, 0.25) is 0 Å². The Hall–Kier alpha value is -2.21. The maximum atomic E-state index is 5.21. The smallest absolute Gasteiger partial charge is 0.247 e. The van der Waals surface area contributed by atoms with E-state index in [1.807, 2.05) is 24.4 Å². The predicted molar refractivity (Wildman–Crippen MR) is 83.3 cm³/mol. The predicted octanol–water partition coefficient (Wildman–Crippen LogP) is 3.68.